The minimum atomic E-state index is -1.51. The zero-order valence-electron chi connectivity index (χ0n) is 21.9. The van der Waals surface area contributed by atoms with E-state index >= 15 is 0 Å². The van der Waals surface area contributed by atoms with Gasteiger partial charge in [-0.15, -0.1) is 0 Å². The third-order valence-corrected chi connectivity index (χ3v) is 9.97. The Kier molecular flexibility index (Phi) is 6.67. The van der Waals surface area contributed by atoms with Gasteiger partial charge in [0.2, 0.25) is 0 Å². The molecule has 2 saturated carbocycles. The summed E-state index contributed by atoms with van der Waals surface area (Å²) >= 11 is 1.58. The Hall–Kier alpha value is -2.03. The lowest BCUT2D eigenvalue weighted by atomic mass is 9.66. The molecule has 1 atom stereocenters. The van der Waals surface area contributed by atoms with Crippen LogP contribution >= 0.6 is 11.9 Å². The van der Waals surface area contributed by atoms with Gasteiger partial charge >= 0.3 is 0 Å². The van der Waals surface area contributed by atoms with Gasteiger partial charge in [-0.05, 0) is 107 Å². The van der Waals surface area contributed by atoms with E-state index in [0.29, 0.717) is 28.2 Å². The zero-order valence-corrected chi connectivity index (χ0v) is 23.5. The molecule has 2 spiro atoms. The fraction of sp³-hybridized carbons (Fsp3) is 0.536. The summed E-state index contributed by atoms with van der Waals surface area (Å²) in [6.07, 6.45) is 9.50. The number of methoxy groups -OCH3 is 1. The normalized spacial score (nSPS) is 20.3. The Morgan fingerprint density at radius 2 is 1.75 bits per heavy atom. The molecule has 1 amide bonds. The van der Waals surface area contributed by atoms with Crippen LogP contribution in [0.25, 0.3) is 0 Å². The zero-order chi connectivity index (χ0) is 25.7. The summed E-state index contributed by atoms with van der Waals surface area (Å²) in [5.74, 6) is 0.455. The van der Waals surface area contributed by atoms with Gasteiger partial charge in [-0.2, -0.15) is 0 Å². The lowest BCUT2D eigenvalue weighted by Gasteiger charge is -2.38. The molecule has 36 heavy (non-hydrogen) atoms. The van der Waals surface area contributed by atoms with E-state index in [-0.39, 0.29) is 16.9 Å². The van der Waals surface area contributed by atoms with Crippen molar-refractivity contribution in [1.29, 1.82) is 0 Å². The van der Waals surface area contributed by atoms with E-state index < -0.39 is 11.0 Å². The van der Waals surface area contributed by atoms with Crippen molar-refractivity contribution in [3.8, 4) is 5.75 Å². The van der Waals surface area contributed by atoms with Crippen molar-refractivity contribution in [1.82, 2.24) is 4.72 Å². The molecule has 1 unspecified atom stereocenters. The molecule has 0 aromatic heterocycles. The minimum Gasteiger partial charge on any atom is -0.495 e. The van der Waals surface area contributed by atoms with Crippen molar-refractivity contribution in [2.45, 2.75) is 75.1 Å². The largest absolute Gasteiger partial charge is 0.495 e. The Bertz CT molecular complexity index is 1190. The number of rotatable bonds is 6. The Morgan fingerprint density at radius 1 is 1.06 bits per heavy atom. The average Bonchev–Trinajstić information content (AvgIpc) is 3.54. The SMILES string of the molecule is COc1ccc(C(=O)N2CC3(CCC4(CC4)CC3)c3cc(NSC)ccc32)cc1S(=O)NC(C)(C)C. The maximum absolute atomic E-state index is 14.0. The molecule has 1 aliphatic heterocycles. The molecule has 3 aliphatic rings. The van der Waals surface area contributed by atoms with Gasteiger partial charge in [0.1, 0.15) is 16.7 Å². The monoisotopic (exact) mass is 527 g/mol. The molecule has 2 aromatic rings. The van der Waals surface area contributed by atoms with E-state index in [0.717, 1.165) is 24.2 Å². The number of amides is 1. The molecule has 2 N–H and O–H groups in total. The predicted octanol–water partition coefficient (Wildman–Crippen LogP) is 6.05. The van der Waals surface area contributed by atoms with Crippen molar-refractivity contribution in [2.24, 2.45) is 5.41 Å². The molecule has 8 heteroatoms. The topological polar surface area (TPSA) is 70.7 Å². The molecule has 0 saturated heterocycles. The van der Waals surface area contributed by atoms with Crippen LogP contribution in [0.4, 0.5) is 11.4 Å². The number of benzene rings is 2. The third kappa shape index (κ3) is 4.79. The quantitative estimate of drug-likeness (QED) is 0.448. The highest BCUT2D eigenvalue weighted by molar-refractivity contribution is 7.99. The number of carbonyl (C=O) groups is 1. The van der Waals surface area contributed by atoms with Crippen LogP contribution in [0, 0.1) is 5.41 Å². The summed E-state index contributed by atoms with van der Waals surface area (Å²) in [5.41, 5.74) is 4.13. The fourth-order valence-corrected chi connectivity index (χ4v) is 7.44. The number of hydrogen-bond donors (Lipinski definition) is 2. The predicted molar refractivity (Wildman–Crippen MR) is 149 cm³/mol. The first-order valence-corrected chi connectivity index (χ1v) is 15.1. The number of anilines is 2. The molecule has 2 fully saturated rings. The summed E-state index contributed by atoms with van der Waals surface area (Å²) in [5, 5.41) is 0. The maximum Gasteiger partial charge on any atom is 0.258 e. The van der Waals surface area contributed by atoms with Crippen LogP contribution in [0.15, 0.2) is 41.3 Å². The van der Waals surface area contributed by atoms with Gasteiger partial charge in [0.25, 0.3) is 5.91 Å². The maximum atomic E-state index is 14.0. The van der Waals surface area contributed by atoms with Gasteiger partial charge in [0.15, 0.2) is 0 Å². The van der Waals surface area contributed by atoms with Crippen LogP contribution in [-0.2, 0) is 16.4 Å². The van der Waals surface area contributed by atoms with E-state index in [1.807, 2.05) is 31.9 Å². The van der Waals surface area contributed by atoms with Crippen LogP contribution in [0.1, 0.15) is 75.2 Å². The number of nitrogens with one attached hydrogen (secondary N) is 2. The van der Waals surface area contributed by atoms with Gasteiger partial charge in [0, 0.05) is 40.7 Å². The average molecular weight is 528 g/mol. The van der Waals surface area contributed by atoms with Crippen LogP contribution in [0.2, 0.25) is 0 Å². The van der Waals surface area contributed by atoms with Gasteiger partial charge in [-0.3, -0.25) is 4.79 Å². The summed E-state index contributed by atoms with van der Waals surface area (Å²) < 4.78 is 25.1. The van der Waals surface area contributed by atoms with E-state index in [4.69, 9.17) is 4.74 Å². The molecule has 0 bridgehead atoms. The summed E-state index contributed by atoms with van der Waals surface area (Å²) in [6.45, 7) is 6.58. The molecule has 1 heterocycles. The molecule has 194 valence electrons. The first kappa shape index (κ1) is 25.6. The van der Waals surface area contributed by atoms with Crippen molar-refractivity contribution in [3.05, 3.63) is 47.5 Å². The molecule has 0 radical (unpaired) electrons. The fourth-order valence-electron chi connectivity index (χ4n) is 5.84. The number of hydrogen-bond acceptors (Lipinski definition) is 5. The van der Waals surface area contributed by atoms with E-state index in [1.165, 1.54) is 31.2 Å². The molecular weight excluding hydrogens is 490 g/mol. The molecule has 2 aliphatic carbocycles. The Morgan fingerprint density at radius 3 is 2.36 bits per heavy atom. The van der Waals surface area contributed by atoms with Crippen LogP contribution in [0.3, 0.4) is 0 Å². The van der Waals surface area contributed by atoms with E-state index in [2.05, 4.69) is 27.6 Å². The number of ether oxygens (including phenoxy) is 1. The summed E-state index contributed by atoms with van der Waals surface area (Å²) in [4.78, 5) is 16.4. The van der Waals surface area contributed by atoms with Crippen molar-refractivity contribution in [2.75, 3.05) is 29.5 Å². The van der Waals surface area contributed by atoms with Gasteiger partial charge in [-0.1, -0.05) is 11.9 Å². The second-order valence-corrected chi connectivity index (χ2v) is 13.5. The third-order valence-electron chi connectivity index (χ3n) is 8.02. The van der Waals surface area contributed by atoms with Crippen LogP contribution < -0.4 is 19.1 Å². The molecular formula is C28H37N3O3S2. The highest BCUT2D eigenvalue weighted by Gasteiger charge is 2.53. The molecule has 6 nitrogen and oxygen atoms in total. The van der Waals surface area contributed by atoms with E-state index in [1.54, 1.807) is 37.3 Å². The highest BCUT2D eigenvalue weighted by atomic mass is 32.2. The number of nitrogens with zero attached hydrogens (tertiary/aromatic N) is 1. The summed E-state index contributed by atoms with van der Waals surface area (Å²) in [7, 11) is 0.0483. The van der Waals surface area contributed by atoms with Crippen molar-refractivity contribution < 1.29 is 13.7 Å². The lowest BCUT2D eigenvalue weighted by Crippen LogP contribution is -2.40. The minimum absolute atomic E-state index is 0.000835. The molecule has 5 rings (SSSR count). The standard InChI is InChI=1S/C28H37N3O3S2/c1-26(2,3)30-36(33)24-16-19(6-9-23(24)34-4)25(32)31-18-28(14-12-27(10-11-27)13-15-28)21-17-20(29-35-5)7-8-22(21)31/h6-9,16-17,29-30H,10-15,18H2,1-5H3. The van der Waals surface area contributed by atoms with Crippen LogP contribution in [-0.4, -0.2) is 35.6 Å². The van der Waals surface area contributed by atoms with Crippen molar-refractivity contribution >= 4 is 40.2 Å². The van der Waals surface area contributed by atoms with Crippen molar-refractivity contribution in [3.63, 3.8) is 0 Å². The molecule has 2 aromatic carbocycles. The Balaban J connectivity index is 1.49. The first-order valence-electron chi connectivity index (χ1n) is 12.7. The van der Waals surface area contributed by atoms with Gasteiger partial charge in [0.05, 0.1) is 12.0 Å². The Labute approximate surface area is 221 Å². The first-order chi connectivity index (χ1) is 17.1. The smallest absolute Gasteiger partial charge is 0.258 e. The lowest BCUT2D eigenvalue weighted by molar-refractivity contribution is 0.0980. The number of carbonyl (C=O) groups excluding carboxylic acids is 1. The second-order valence-electron chi connectivity index (χ2n) is 11.7. The van der Waals surface area contributed by atoms with Crippen LogP contribution in [0.5, 0.6) is 5.75 Å². The summed E-state index contributed by atoms with van der Waals surface area (Å²) in [6, 6.07) is 11.7. The highest BCUT2D eigenvalue weighted by Crippen LogP contribution is 2.62. The second kappa shape index (κ2) is 9.37. The van der Waals surface area contributed by atoms with E-state index in [9.17, 15) is 9.00 Å². The van der Waals surface area contributed by atoms with Gasteiger partial charge in [-0.25, -0.2) is 8.93 Å². The number of fused-ring (bicyclic) bond motifs is 2. The van der Waals surface area contributed by atoms with Gasteiger partial charge < -0.3 is 14.4 Å².